The van der Waals surface area contributed by atoms with Gasteiger partial charge < -0.3 is 10.6 Å². The minimum atomic E-state index is -0.521. The van der Waals surface area contributed by atoms with E-state index in [-0.39, 0.29) is 23.7 Å². The quantitative estimate of drug-likeness (QED) is 0.631. The van der Waals surface area contributed by atoms with E-state index in [4.69, 9.17) is 0 Å². The Bertz CT molecular complexity index is 643. The number of aromatic nitrogens is 1. The van der Waals surface area contributed by atoms with Crippen LogP contribution in [0.3, 0.4) is 0 Å². The number of nitrogens with one attached hydrogen (secondary N) is 2. The highest BCUT2D eigenvalue weighted by molar-refractivity contribution is 7.07. The first-order chi connectivity index (χ1) is 10.1. The van der Waals surface area contributed by atoms with Gasteiger partial charge in [-0.15, -0.1) is 11.3 Å². The van der Waals surface area contributed by atoms with E-state index in [1.54, 1.807) is 11.6 Å². The molecule has 7 nitrogen and oxygen atoms in total. The summed E-state index contributed by atoms with van der Waals surface area (Å²) in [5.74, 6) is -0.373. The molecular formula is C13H14N4O3S. The molecule has 1 aromatic heterocycles. The second kappa shape index (κ2) is 6.80. The van der Waals surface area contributed by atoms with Gasteiger partial charge in [-0.2, -0.15) is 0 Å². The van der Waals surface area contributed by atoms with Crippen molar-refractivity contribution >= 4 is 28.6 Å². The van der Waals surface area contributed by atoms with Crippen molar-refractivity contribution in [3.05, 3.63) is 50.5 Å². The van der Waals surface area contributed by atoms with Crippen molar-refractivity contribution in [3.63, 3.8) is 0 Å². The molecule has 0 atom stereocenters. The molecule has 0 aliphatic heterocycles. The zero-order chi connectivity index (χ0) is 15.2. The molecule has 21 heavy (non-hydrogen) atoms. The predicted molar refractivity (Wildman–Crippen MR) is 80.5 cm³/mol. The lowest BCUT2D eigenvalue weighted by atomic mass is 10.1. The fourth-order valence-corrected chi connectivity index (χ4v) is 2.33. The molecule has 8 heteroatoms. The Kier molecular flexibility index (Phi) is 4.83. The minimum Gasteiger partial charge on any atom is -0.385 e. The fraction of sp³-hybridized carbons (Fsp3) is 0.231. The first-order valence-corrected chi connectivity index (χ1v) is 7.23. The maximum Gasteiger partial charge on any atom is 0.270 e. The lowest BCUT2D eigenvalue weighted by molar-refractivity contribution is -0.384. The van der Waals surface area contributed by atoms with Gasteiger partial charge in [-0.25, -0.2) is 4.98 Å². The van der Waals surface area contributed by atoms with Gasteiger partial charge in [0, 0.05) is 29.7 Å². The summed E-state index contributed by atoms with van der Waals surface area (Å²) in [5, 5.41) is 18.4. The number of carbonyl (C=O) groups is 1. The van der Waals surface area contributed by atoms with E-state index in [9.17, 15) is 14.9 Å². The van der Waals surface area contributed by atoms with Crippen molar-refractivity contribution in [2.75, 3.05) is 11.9 Å². The van der Waals surface area contributed by atoms with E-state index < -0.39 is 4.92 Å². The third-order valence-corrected chi connectivity index (χ3v) is 3.37. The molecule has 0 saturated carbocycles. The van der Waals surface area contributed by atoms with Gasteiger partial charge in [-0.05, 0) is 13.0 Å². The molecule has 0 saturated heterocycles. The number of nitro groups is 1. The van der Waals surface area contributed by atoms with Crippen molar-refractivity contribution < 1.29 is 9.72 Å². The topological polar surface area (TPSA) is 97.2 Å². The molecule has 0 unspecified atom stereocenters. The molecule has 0 radical (unpaired) electrons. The number of rotatable bonds is 6. The van der Waals surface area contributed by atoms with Crippen LogP contribution in [0.1, 0.15) is 23.0 Å². The van der Waals surface area contributed by atoms with Gasteiger partial charge in [0.2, 0.25) is 0 Å². The highest BCUT2D eigenvalue weighted by atomic mass is 32.1. The first-order valence-electron chi connectivity index (χ1n) is 6.29. The molecule has 1 aromatic carbocycles. The van der Waals surface area contributed by atoms with Crippen LogP contribution in [0.5, 0.6) is 0 Å². The standard InChI is InChI=1S/C13H14N4O3S/c1-2-14-12-4-3-10(17(19)20)5-11(12)13(18)15-6-9-7-21-8-16-9/h3-5,7-8,14H,2,6H2,1H3,(H,15,18). The summed E-state index contributed by atoms with van der Waals surface area (Å²) in [7, 11) is 0. The maximum absolute atomic E-state index is 12.2. The van der Waals surface area contributed by atoms with Gasteiger partial charge in [0.25, 0.3) is 11.6 Å². The highest BCUT2D eigenvalue weighted by Crippen LogP contribution is 2.22. The van der Waals surface area contributed by atoms with Crippen LogP contribution in [0.2, 0.25) is 0 Å². The Morgan fingerprint density at radius 2 is 2.29 bits per heavy atom. The molecule has 1 heterocycles. The normalized spacial score (nSPS) is 10.1. The molecule has 0 fully saturated rings. The molecular weight excluding hydrogens is 292 g/mol. The largest absolute Gasteiger partial charge is 0.385 e. The van der Waals surface area contributed by atoms with Gasteiger partial charge in [0.05, 0.1) is 28.2 Å². The molecule has 2 N–H and O–H groups in total. The van der Waals surface area contributed by atoms with E-state index in [1.807, 2.05) is 12.3 Å². The van der Waals surface area contributed by atoms with Crippen LogP contribution >= 0.6 is 11.3 Å². The third-order valence-electron chi connectivity index (χ3n) is 2.74. The van der Waals surface area contributed by atoms with Crippen molar-refractivity contribution in [2.24, 2.45) is 0 Å². The molecule has 110 valence electrons. The zero-order valence-electron chi connectivity index (χ0n) is 11.3. The molecule has 0 aliphatic rings. The van der Waals surface area contributed by atoms with Crippen LogP contribution in [0.4, 0.5) is 11.4 Å². The summed E-state index contributed by atoms with van der Waals surface area (Å²) in [6, 6.07) is 4.18. The third kappa shape index (κ3) is 3.76. The smallest absolute Gasteiger partial charge is 0.270 e. The van der Waals surface area contributed by atoms with Gasteiger partial charge in [0.1, 0.15) is 0 Å². The number of hydrogen-bond donors (Lipinski definition) is 2. The van der Waals surface area contributed by atoms with E-state index in [0.29, 0.717) is 12.2 Å². The summed E-state index contributed by atoms with van der Waals surface area (Å²) < 4.78 is 0. The molecule has 0 aliphatic carbocycles. The van der Waals surface area contributed by atoms with Crippen molar-refractivity contribution in [1.82, 2.24) is 10.3 Å². The molecule has 0 spiro atoms. The maximum atomic E-state index is 12.2. The highest BCUT2D eigenvalue weighted by Gasteiger charge is 2.16. The van der Waals surface area contributed by atoms with Crippen molar-refractivity contribution in [3.8, 4) is 0 Å². The van der Waals surface area contributed by atoms with Gasteiger partial charge in [-0.3, -0.25) is 14.9 Å². The average Bonchev–Trinajstić information content (AvgIpc) is 2.98. The molecule has 1 amide bonds. The van der Waals surface area contributed by atoms with Gasteiger partial charge >= 0.3 is 0 Å². The number of thiazole rings is 1. The molecule has 0 bridgehead atoms. The number of nitrogens with zero attached hydrogens (tertiary/aromatic N) is 2. The van der Waals surface area contributed by atoms with Crippen molar-refractivity contribution in [2.45, 2.75) is 13.5 Å². The van der Waals surface area contributed by atoms with Crippen LogP contribution in [0, 0.1) is 10.1 Å². The Labute approximate surface area is 125 Å². The lowest BCUT2D eigenvalue weighted by Crippen LogP contribution is -2.24. The van der Waals surface area contributed by atoms with E-state index >= 15 is 0 Å². The number of non-ortho nitro benzene ring substituents is 1. The monoisotopic (exact) mass is 306 g/mol. The number of carbonyl (C=O) groups excluding carboxylic acids is 1. The van der Waals surface area contributed by atoms with Crippen LogP contribution in [0.25, 0.3) is 0 Å². The SMILES string of the molecule is CCNc1ccc([N+](=O)[O-])cc1C(=O)NCc1cscn1. The Morgan fingerprint density at radius 1 is 1.48 bits per heavy atom. The van der Waals surface area contributed by atoms with E-state index in [2.05, 4.69) is 15.6 Å². The Hall–Kier alpha value is -2.48. The van der Waals surface area contributed by atoms with E-state index in [0.717, 1.165) is 5.69 Å². The molecule has 2 aromatic rings. The number of benzene rings is 1. The Morgan fingerprint density at radius 3 is 2.90 bits per heavy atom. The lowest BCUT2D eigenvalue weighted by Gasteiger charge is -2.10. The van der Waals surface area contributed by atoms with E-state index in [1.165, 1.54) is 23.5 Å². The summed E-state index contributed by atoms with van der Waals surface area (Å²) in [4.78, 5) is 26.6. The van der Waals surface area contributed by atoms with Gasteiger partial charge in [-0.1, -0.05) is 0 Å². The Balaban J connectivity index is 2.20. The summed E-state index contributed by atoms with van der Waals surface area (Å²) >= 11 is 1.44. The average molecular weight is 306 g/mol. The second-order valence-corrected chi connectivity index (χ2v) is 4.90. The summed E-state index contributed by atoms with van der Waals surface area (Å²) in [6.45, 7) is 2.79. The van der Waals surface area contributed by atoms with Crippen LogP contribution in [-0.2, 0) is 6.54 Å². The number of amides is 1. The van der Waals surface area contributed by atoms with Crippen LogP contribution in [-0.4, -0.2) is 22.4 Å². The predicted octanol–water partition coefficient (Wildman–Crippen LogP) is 2.41. The first kappa shape index (κ1) is 14.9. The van der Waals surface area contributed by atoms with Gasteiger partial charge in [0.15, 0.2) is 0 Å². The number of hydrogen-bond acceptors (Lipinski definition) is 6. The number of anilines is 1. The molecule has 2 rings (SSSR count). The van der Waals surface area contributed by atoms with Crippen LogP contribution < -0.4 is 10.6 Å². The van der Waals surface area contributed by atoms with Crippen molar-refractivity contribution in [1.29, 1.82) is 0 Å². The summed E-state index contributed by atoms with van der Waals surface area (Å²) in [5.41, 5.74) is 3.14. The van der Waals surface area contributed by atoms with Crippen LogP contribution in [0.15, 0.2) is 29.1 Å². The fourth-order valence-electron chi connectivity index (χ4n) is 1.77. The minimum absolute atomic E-state index is 0.115. The second-order valence-electron chi connectivity index (χ2n) is 4.18. The zero-order valence-corrected chi connectivity index (χ0v) is 12.1. The number of nitro benzene ring substituents is 1. The summed E-state index contributed by atoms with van der Waals surface area (Å²) in [6.07, 6.45) is 0.